The van der Waals surface area contributed by atoms with Gasteiger partial charge < -0.3 is 30.7 Å². The van der Waals surface area contributed by atoms with Crippen molar-refractivity contribution in [2.75, 3.05) is 48.8 Å². The Morgan fingerprint density at radius 3 is 2.64 bits per heavy atom. The minimum atomic E-state index is -0.467. The molecule has 0 spiro atoms. The SMILES string of the molecule is Nc1ncc(-c2cccc(CCCNC(=O)OCc3ccccc3)c2)nc1C(=O)Nc1cnccc1N1CCOCC1. The van der Waals surface area contributed by atoms with E-state index in [0.29, 0.717) is 31.1 Å². The van der Waals surface area contributed by atoms with Gasteiger partial charge in [-0.15, -0.1) is 0 Å². The van der Waals surface area contributed by atoms with Gasteiger partial charge in [0.25, 0.3) is 5.91 Å². The van der Waals surface area contributed by atoms with Crippen LogP contribution in [0.1, 0.15) is 28.0 Å². The third-order valence-corrected chi connectivity index (χ3v) is 6.76. The molecule has 11 nitrogen and oxygen atoms in total. The van der Waals surface area contributed by atoms with E-state index in [9.17, 15) is 9.59 Å². The molecule has 0 saturated carbocycles. The molecule has 11 heteroatoms. The summed E-state index contributed by atoms with van der Waals surface area (Å²) in [6.07, 6.45) is 5.86. The third-order valence-electron chi connectivity index (χ3n) is 6.76. The van der Waals surface area contributed by atoms with Gasteiger partial charge in [-0.2, -0.15) is 0 Å². The van der Waals surface area contributed by atoms with Crippen LogP contribution in [0.5, 0.6) is 0 Å². The van der Waals surface area contributed by atoms with Gasteiger partial charge in [0.2, 0.25) is 0 Å². The van der Waals surface area contributed by atoms with Crippen LogP contribution >= 0.6 is 0 Å². The number of hydrogen-bond donors (Lipinski definition) is 3. The third kappa shape index (κ3) is 7.58. The topological polar surface area (TPSA) is 145 Å². The molecule has 42 heavy (non-hydrogen) atoms. The Labute approximate surface area is 244 Å². The second-order valence-electron chi connectivity index (χ2n) is 9.73. The average molecular weight is 568 g/mol. The number of alkyl carbamates (subject to hydrolysis) is 1. The standard InChI is InChI=1S/C31H33N7O4/c32-29-28(30(39)37-26-19-33-13-11-27(26)38-14-16-41-17-15-38)36-25(20-35-29)24-10-4-8-22(18-24)9-5-12-34-31(40)42-21-23-6-2-1-3-7-23/h1-4,6-8,10-11,13,18-20H,5,9,12,14-17,21H2,(H2,32,35)(H,34,40)(H,37,39). The fourth-order valence-corrected chi connectivity index (χ4v) is 4.59. The van der Waals surface area contributed by atoms with Gasteiger partial charge in [0.1, 0.15) is 6.61 Å². The number of aryl methyl sites for hydroxylation is 1. The lowest BCUT2D eigenvalue weighted by atomic mass is 10.0. The zero-order chi connectivity index (χ0) is 29.1. The largest absolute Gasteiger partial charge is 0.445 e. The van der Waals surface area contributed by atoms with Crippen molar-refractivity contribution in [1.82, 2.24) is 20.3 Å². The summed E-state index contributed by atoms with van der Waals surface area (Å²) in [6, 6.07) is 19.2. The summed E-state index contributed by atoms with van der Waals surface area (Å²) in [6.45, 7) is 3.38. The van der Waals surface area contributed by atoms with Crippen LogP contribution in [0.25, 0.3) is 11.3 Å². The molecule has 4 aromatic rings. The van der Waals surface area contributed by atoms with Gasteiger partial charge in [-0.25, -0.2) is 14.8 Å². The Kier molecular flexibility index (Phi) is 9.53. The molecule has 0 unspecified atom stereocenters. The maximum Gasteiger partial charge on any atom is 0.407 e. The fourth-order valence-electron chi connectivity index (χ4n) is 4.59. The Balaban J connectivity index is 1.18. The summed E-state index contributed by atoms with van der Waals surface area (Å²) in [5.41, 5.74) is 10.9. The van der Waals surface area contributed by atoms with Crippen molar-refractivity contribution in [2.45, 2.75) is 19.4 Å². The predicted octanol–water partition coefficient (Wildman–Crippen LogP) is 4.07. The second-order valence-corrected chi connectivity index (χ2v) is 9.73. The van der Waals surface area contributed by atoms with Crippen molar-refractivity contribution < 1.29 is 19.1 Å². The minimum Gasteiger partial charge on any atom is -0.445 e. The molecule has 3 heterocycles. The normalized spacial score (nSPS) is 12.9. The first-order valence-corrected chi connectivity index (χ1v) is 13.8. The van der Waals surface area contributed by atoms with E-state index in [1.807, 2.05) is 60.7 Å². The summed E-state index contributed by atoms with van der Waals surface area (Å²) < 4.78 is 10.7. The highest BCUT2D eigenvalue weighted by Gasteiger charge is 2.20. The van der Waals surface area contributed by atoms with E-state index in [4.69, 9.17) is 15.2 Å². The molecule has 2 aromatic heterocycles. The van der Waals surface area contributed by atoms with Crippen LogP contribution in [0.15, 0.2) is 79.3 Å². The number of benzene rings is 2. The molecule has 216 valence electrons. The number of morpholine rings is 1. The summed E-state index contributed by atoms with van der Waals surface area (Å²) in [5, 5.41) is 5.69. The lowest BCUT2D eigenvalue weighted by molar-refractivity contribution is 0.102. The number of pyridine rings is 1. The van der Waals surface area contributed by atoms with Gasteiger partial charge in [-0.05, 0) is 36.1 Å². The molecule has 0 bridgehead atoms. The first kappa shape index (κ1) is 28.5. The number of nitrogens with zero attached hydrogens (tertiary/aromatic N) is 4. The van der Waals surface area contributed by atoms with Crippen LogP contribution < -0.4 is 21.3 Å². The zero-order valence-corrected chi connectivity index (χ0v) is 23.2. The fraction of sp³-hybridized carbons (Fsp3) is 0.258. The summed E-state index contributed by atoms with van der Waals surface area (Å²) in [4.78, 5) is 40.4. The van der Waals surface area contributed by atoms with E-state index in [1.54, 1.807) is 18.6 Å². The van der Waals surface area contributed by atoms with Crippen molar-refractivity contribution in [3.63, 3.8) is 0 Å². The van der Waals surface area contributed by atoms with E-state index in [-0.39, 0.29) is 18.1 Å². The van der Waals surface area contributed by atoms with Crippen molar-refractivity contribution in [2.24, 2.45) is 0 Å². The first-order valence-electron chi connectivity index (χ1n) is 13.8. The van der Waals surface area contributed by atoms with Gasteiger partial charge in [0.05, 0.1) is 42.7 Å². The van der Waals surface area contributed by atoms with Gasteiger partial charge in [-0.3, -0.25) is 9.78 Å². The predicted molar refractivity (Wildman–Crippen MR) is 160 cm³/mol. The number of anilines is 3. The lowest BCUT2D eigenvalue weighted by Gasteiger charge is -2.30. The molecule has 0 radical (unpaired) electrons. The summed E-state index contributed by atoms with van der Waals surface area (Å²) >= 11 is 0. The second kappa shape index (κ2) is 14.0. The zero-order valence-electron chi connectivity index (χ0n) is 23.2. The van der Waals surface area contributed by atoms with E-state index in [0.717, 1.165) is 48.3 Å². The van der Waals surface area contributed by atoms with Gasteiger partial charge in [0, 0.05) is 31.4 Å². The molecular formula is C31H33N7O4. The molecule has 4 N–H and O–H groups in total. The molecule has 2 aromatic carbocycles. The number of rotatable bonds is 10. The van der Waals surface area contributed by atoms with Gasteiger partial charge in [0.15, 0.2) is 11.5 Å². The van der Waals surface area contributed by atoms with E-state index in [2.05, 4.69) is 30.5 Å². The minimum absolute atomic E-state index is 0.0351. The number of carbonyl (C=O) groups is 2. The monoisotopic (exact) mass is 567 g/mol. The number of carbonyl (C=O) groups excluding carboxylic acids is 2. The van der Waals surface area contributed by atoms with E-state index >= 15 is 0 Å². The highest BCUT2D eigenvalue weighted by atomic mass is 16.5. The van der Waals surface area contributed by atoms with E-state index in [1.165, 1.54) is 0 Å². The summed E-state index contributed by atoms with van der Waals surface area (Å²) in [5.74, 6) is -0.430. The molecule has 0 atom stereocenters. The molecule has 5 rings (SSSR count). The number of ether oxygens (including phenoxy) is 2. The maximum absolute atomic E-state index is 13.3. The number of nitrogens with one attached hydrogen (secondary N) is 2. The van der Waals surface area contributed by atoms with Crippen LogP contribution in [0, 0.1) is 0 Å². The Hall–Kier alpha value is -5.03. The molecule has 1 aliphatic heterocycles. The van der Waals surface area contributed by atoms with Gasteiger partial charge >= 0.3 is 6.09 Å². The van der Waals surface area contributed by atoms with Crippen LogP contribution in [0.3, 0.4) is 0 Å². The number of aromatic nitrogens is 3. The molecule has 1 fully saturated rings. The number of nitrogens with two attached hydrogens (primary N) is 1. The van der Waals surface area contributed by atoms with Crippen molar-refractivity contribution in [1.29, 1.82) is 0 Å². The van der Waals surface area contributed by atoms with E-state index < -0.39 is 12.0 Å². The molecule has 2 amide bonds. The smallest absolute Gasteiger partial charge is 0.407 e. The molecule has 1 saturated heterocycles. The number of hydrogen-bond acceptors (Lipinski definition) is 9. The van der Waals surface area contributed by atoms with Crippen LogP contribution in [0.4, 0.5) is 22.0 Å². The Morgan fingerprint density at radius 2 is 1.81 bits per heavy atom. The number of nitrogen functional groups attached to an aromatic ring is 1. The van der Waals surface area contributed by atoms with Crippen LogP contribution in [-0.2, 0) is 22.5 Å². The van der Waals surface area contributed by atoms with Crippen LogP contribution in [0.2, 0.25) is 0 Å². The Bertz CT molecular complexity index is 1510. The quantitative estimate of drug-likeness (QED) is 0.242. The highest BCUT2D eigenvalue weighted by molar-refractivity contribution is 6.07. The highest BCUT2D eigenvalue weighted by Crippen LogP contribution is 2.27. The first-order chi connectivity index (χ1) is 20.6. The van der Waals surface area contributed by atoms with Crippen molar-refractivity contribution in [3.8, 4) is 11.3 Å². The van der Waals surface area contributed by atoms with Crippen molar-refractivity contribution in [3.05, 3.63) is 96.1 Å². The molecule has 0 aliphatic carbocycles. The maximum atomic E-state index is 13.3. The summed E-state index contributed by atoms with van der Waals surface area (Å²) in [7, 11) is 0. The average Bonchev–Trinajstić information content (AvgIpc) is 3.03. The Morgan fingerprint density at radius 1 is 1.00 bits per heavy atom. The van der Waals surface area contributed by atoms with Gasteiger partial charge in [-0.1, -0.05) is 48.5 Å². The lowest BCUT2D eigenvalue weighted by Crippen LogP contribution is -2.36. The van der Waals surface area contributed by atoms with Crippen LogP contribution in [-0.4, -0.2) is 59.8 Å². The number of amides is 2. The van der Waals surface area contributed by atoms with Crippen molar-refractivity contribution >= 4 is 29.2 Å². The molecular weight excluding hydrogens is 534 g/mol. The molecule has 1 aliphatic rings.